The number of unbranched alkanes of at least 4 members (excludes halogenated alkanes) is 1. The Bertz CT molecular complexity index is 168. The molecule has 3 heteroatoms. The molecule has 0 spiro atoms. The van der Waals surface area contributed by atoms with Gasteiger partial charge in [-0.25, -0.2) is 0 Å². The van der Waals surface area contributed by atoms with E-state index in [9.17, 15) is 9.90 Å². The molecule has 0 aromatic carbocycles. The van der Waals surface area contributed by atoms with Gasteiger partial charge in [-0.05, 0) is 26.0 Å². The fourth-order valence-electron chi connectivity index (χ4n) is 0.973. The van der Waals surface area contributed by atoms with Crippen LogP contribution in [0.5, 0.6) is 0 Å². The van der Waals surface area contributed by atoms with Crippen LogP contribution in [0.3, 0.4) is 0 Å². The van der Waals surface area contributed by atoms with Crippen molar-refractivity contribution in [1.82, 2.24) is 5.32 Å². The van der Waals surface area contributed by atoms with Crippen molar-refractivity contribution in [2.45, 2.75) is 31.9 Å². The molecule has 12 heavy (non-hydrogen) atoms. The number of aliphatic hydroxyl groups is 1. The van der Waals surface area contributed by atoms with Gasteiger partial charge in [0, 0.05) is 0 Å². The fraction of sp³-hybridized carbons (Fsp3) is 0.667. The van der Waals surface area contributed by atoms with Crippen molar-refractivity contribution in [3.8, 4) is 0 Å². The van der Waals surface area contributed by atoms with E-state index in [0.29, 0.717) is 6.42 Å². The van der Waals surface area contributed by atoms with Crippen LogP contribution in [-0.4, -0.2) is 23.7 Å². The SMILES string of the molecule is C=CC(=O)C(O)(CCCC)NC. The zero-order valence-corrected chi connectivity index (χ0v) is 7.76. The van der Waals surface area contributed by atoms with Crippen molar-refractivity contribution in [3.05, 3.63) is 12.7 Å². The van der Waals surface area contributed by atoms with Gasteiger partial charge in [0.1, 0.15) is 0 Å². The van der Waals surface area contributed by atoms with Crippen LogP contribution >= 0.6 is 0 Å². The van der Waals surface area contributed by atoms with Crippen molar-refractivity contribution in [3.63, 3.8) is 0 Å². The molecule has 70 valence electrons. The lowest BCUT2D eigenvalue weighted by Gasteiger charge is -2.24. The molecule has 0 aromatic rings. The van der Waals surface area contributed by atoms with Gasteiger partial charge in [0.15, 0.2) is 5.72 Å². The number of carbonyl (C=O) groups excluding carboxylic acids is 1. The molecule has 0 rings (SSSR count). The third-order valence-corrected chi connectivity index (χ3v) is 1.90. The Balaban J connectivity index is 4.22. The van der Waals surface area contributed by atoms with Gasteiger partial charge in [-0.15, -0.1) is 0 Å². The molecule has 2 N–H and O–H groups in total. The molecule has 0 radical (unpaired) electrons. The molecule has 0 aliphatic rings. The van der Waals surface area contributed by atoms with Crippen LogP contribution in [0, 0.1) is 0 Å². The summed E-state index contributed by atoms with van der Waals surface area (Å²) in [6.07, 6.45) is 3.35. The van der Waals surface area contributed by atoms with Crippen LogP contribution in [0.2, 0.25) is 0 Å². The lowest BCUT2D eigenvalue weighted by molar-refractivity contribution is -0.135. The fourth-order valence-corrected chi connectivity index (χ4v) is 0.973. The Hall–Kier alpha value is -0.670. The minimum Gasteiger partial charge on any atom is -0.369 e. The average Bonchev–Trinajstić information content (AvgIpc) is 2.12. The van der Waals surface area contributed by atoms with E-state index in [0.717, 1.165) is 18.9 Å². The lowest BCUT2D eigenvalue weighted by atomic mass is 10.0. The largest absolute Gasteiger partial charge is 0.369 e. The molecule has 0 bridgehead atoms. The van der Waals surface area contributed by atoms with Crippen LogP contribution in [0.15, 0.2) is 12.7 Å². The minimum atomic E-state index is -1.40. The summed E-state index contributed by atoms with van der Waals surface area (Å²) < 4.78 is 0. The summed E-state index contributed by atoms with van der Waals surface area (Å²) in [6, 6.07) is 0. The Morgan fingerprint density at radius 2 is 2.33 bits per heavy atom. The van der Waals surface area contributed by atoms with E-state index in [1.54, 1.807) is 7.05 Å². The number of carbonyl (C=O) groups is 1. The van der Waals surface area contributed by atoms with Gasteiger partial charge in [0.25, 0.3) is 0 Å². The van der Waals surface area contributed by atoms with E-state index in [1.165, 1.54) is 0 Å². The first kappa shape index (κ1) is 11.3. The van der Waals surface area contributed by atoms with Crippen molar-refractivity contribution < 1.29 is 9.90 Å². The maximum atomic E-state index is 11.1. The maximum absolute atomic E-state index is 11.1. The van der Waals surface area contributed by atoms with Gasteiger partial charge in [-0.2, -0.15) is 0 Å². The minimum absolute atomic E-state index is 0.363. The quantitative estimate of drug-likeness (QED) is 0.460. The van der Waals surface area contributed by atoms with Crippen molar-refractivity contribution in [1.29, 1.82) is 0 Å². The van der Waals surface area contributed by atoms with E-state index < -0.39 is 5.72 Å². The Labute approximate surface area is 73.5 Å². The normalized spacial score (nSPS) is 15.2. The lowest BCUT2D eigenvalue weighted by Crippen LogP contribution is -2.49. The molecule has 0 saturated carbocycles. The molecule has 1 atom stereocenters. The number of nitrogens with one attached hydrogen (secondary N) is 1. The Kier molecular flexibility index (Phi) is 4.78. The summed E-state index contributed by atoms with van der Waals surface area (Å²) in [7, 11) is 1.57. The predicted octanol–water partition coefficient (Wildman–Crippen LogP) is 0.840. The second-order valence-electron chi connectivity index (χ2n) is 2.78. The number of rotatable bonds is 6. The van der Waals surface area contributed by atoms with E-state index in [2.05, 4.69) is 11.9 Å². The molecule has 0 aromatic heterocycles. The molecule has 3 nitrogen and oxygen atoms in total. The van der Waals surface area contributed by atoms with Crippen molar-refractivity contribution >= 4 is 5.78 Å². The van der Waals surface area contributed by atoms with Crippen LogP contribution < -0.4 is 5.32 Å². The molecule has 0 saturated heterocycles. The first-order chi connectivity index (χ1) is 5.60. The molecular formula is C9H17NO2. The van der Waals surface area contributed by atoms with E-state index in [4.69, 9.17) is 0 Å². The maximum Gasteiger partial charge on any atom is 0.201 e. The summed E-state index contributed by atoms with van der Waals surface area (Å²) in [5.74, 6) is -0.363. The van der Waals surface area contributed by atoms with Crippen LogP contribution in [0.4, 0.5) is 0 Å². The first-order valence-corrected chi connectivity index (χ1v) is 4.19. The van der Waals surface area contributed by atoms with Crippen molar-refractivity contribution in [2.24, 2.45) is 0 Å². The average molecular weight is 171 g/mol. The summed E-state index contributed by atoms with van der Waals surface area (Å²) in [6.45, 7) is 5.34. The molecule has 0 fully saturated rings. The molecule has 0 aliphatic carbocycles. The highest BCUT2D eigenvalue weighted by Crippen LogP contribution is 2.12. The second kappa shape index (κ2) is 5.06. The summed E-state index contributed by atoms with van der Waals surface area (Å²) in [4.78, 5) is 11.1. The molecule has 1 unspecified atom stereocenters. The van der Waals surface area contributed by atoms with Gasteiger partial charge < -0.3 is 5.11 Å². The summed E-state index contributed by atoms with van der Waals surface area (Å²) in [5.41, 5.74) is -1.40. The third-order valence-electron chi connectivity index (χ3n) is 1.90. The highest BCUT2D eigenvalue weighted by Gasteiger charge is 2.30. The summed E-state index contributed by atoms with van der Waals surface area (Å²) >= 11 is 0. The Morgan fingerprint density at radius 3 is 2.67 bits per heavy atom. The zero-order chi connectivity index (χ0) is 9.61. The summed E-state index contributed by atoms with van der Waals surface area (Å²) in [5, 5.41) is 12.3. The van der Waals surface area contributed by atoms with E-state index >= 15 is 0 Å². The zero-order valence-electron chi connectivity index (χ0n) is 7.76. The first-order valence-electron chi connectivity index (χ1n) is 4.19. The number of likely N-dealkylation sites (N-methyl/N-ethyl adjacent to an activating group) is 1. The topological polar surface area (TPSA) is 49.3 Å². The number of ketones is 1. The standard InChI is InChI=1S/C9H17NO2/c1-4-6-7-9(12,10-3)8(11)5-2/h5,10,12H,2,4,6-7H2,1,3H3. The number of hydrogen-bond donors (Lipinski definition) is 2. The van der Waals surface area contributed by atoms with Crippen molar-refractivity contribution in [2.75, 3.05) is 7.05 Å². The second-order valence-corrected chi connectivity index (χ2v) is 2.78. The Morgan fingerprint density at radius 1 is 1.75 bits per heavy atom. The molecule has 0 heterocycles. The third kappa shape index (κ3) is 2.75. The van der Waals surface area contributed by atoms with E-state index in [-0.39, 0.29) is 5.78 Å². The van der Waals surface area contributed by atoms with E-state index in [1.807, 2.05) is 6.92 Å². The van der Waals surface area contributed by atoms with Gasteiger partial charge in [0.2, 0.25) is 5.78 Å². The predicted molar refractivity (Wildman–Crippen MR) is 48.7 cm³/mol. The molecule has 0 amide bonds. The van der Waals surface area contributed by atoms with Crippen LogP contribution in [-0.2, 0) is 4.79 Å². The highest BCUT2D eigenvalue weighted by molar-refractivity contribution is 5.95. The van der Waals surface area contributed by atoms with Crippen LogP contribution in [0.25, 0.3) is 0 Å². The van der Waals surface area contributed by atoms with Gasteiger partial charge >= 0.3 is 0 Å². The van der Waals surface area contributed by atoms with Crippen LogP contribution in [0.1, 0.15) is 26.2 Å². The number of hydrogen-bond acceptors (Lipinski definition) is 3. The molecular weight excluding hydrogens is 154 g/mol. The smallest absolute Gasteiger partial charge is 0.201 e. The molecule has 0 aliphatic heterocycles. The highest BCUT2D eigenvalue weighted by atomic mass is 16.3. The van der Waals surface area contributed by atoms with Gasteiger partial charge in [-0.3, -0.25) is 10.1 Å². The van der Waals surface area contributed by atoms with Gasteiger partial charge in [-0.1, -0.05) is 19.9 Å². The monoisotopic (exact) mass is 171 g/mol. The van der Waals surface area contributed by atoms with Gasteiger partial charge in [0.05, 0.1) is 0 Å².